The van der Waals surface area contributed by atoms with Gasteiger partial charge < -0.3 is 9.84 Å². The molecule has 1 heterocycles. The lowest BCUT2D eigenvalue weighted by Gasteiger charge is -2.57. The number of carbonyl (C=O) groups is 1. The van der Waals surface area contributed by atoms with Gasteiger partial charge in [-0.3, -0.25) is 9.69 Å². The first kappa shape index (κ1) is 19.4. The second kappa shape index (κ2) is 6.12. The van der Waals surface area contributed by atoms with Gasteiger partial charge in [0.25, 0.3) is 0 Å². The molecular weight excluding hydrogens is 278 g/mol. The molecule has 1 N–H and O–H groups in total. The van der Waals surface area contributed by atoms with Crippen LogP contribution in [-0.4, -0.2) is 45.8 Å². The molecule has 0 amide bonds. The Labute approximate surface area is 136 Å². The Morgan fingerprint density at radius 3 is 2.00 bits per heavy atom. The van der Waals surface area contributed by atoms with Crippen LogP contribution in [0, 0.1) is 5.41 Å². The lowest BCUT2D eigenvalue weighted by molar-refractivity contribution is -0.160. The van der Waals surface area contributed by atoms with Crippen molar-refractivity contribution in [2.45, 2.75) is 91.3 Å². The summed E-state index contributed by atoms with van der Waals surface area (Å²) in [5.41, 5.74) is -1.32. The number of rotatable bonds is 5. The quantitative estimate of drug-likeness (QED) is 0.791. The third-order valence-corrected chi connectivity index (χ3v) is 5.07. The van der Waals surface area contributed by atoms with E-state index in [1.165, 1.54) is 0 Å². The van der Waals surface area contributed by atoms with Crippen LogP contribution in [0.3, 0.4) is 0 Å². The maximum atomic E-state index is 12.1. The van der Waals surface area contributed by atoms with Crippen LogP contribution in [-0.2, 0) is 9.53 Å². The first-order valence-electron chi connectivity index (χ1n) is 8.41. The van der Waals surface area contributed by atoms with Gasteiger partial charge in [0.1, 0.15) is 6.61 Å². The maximum absolute atomic E-state index is 12.1. The van der Waals surface area contributed by atoms with Crippen LogP contribution in [0.15, 0.2) is 0 Å². The molecule has 0 unspecified atom stereocenters. The standard InChI is InChI=1S/C18H35NO3/c1-9-15(2,3)14(20)22-11-10-19-16(4,5)12-18(8,21)13-17(19,6)7/h21H,9-13H2,1-8H3. The van der Waals surface area contributed by atoms with Crippen LogP contribution < -0.4 is 0 Å². The van der Waals surface area contributed by atoms with E-state index in [0.29, 0.717) is 13.2 Å². The minimum Gasteiger partial charge on any atom is -0.464 e. The van der Waals surface area contributed by atoms with E-state index in [1.54, 1.807) is 0 Å². The van der Waals surface area contributed by atoms with E-state index in [4.69, 9.17) is 4.74 Å². The fraction of sp³-hybridized carbons (Fsp3) is 0.944. The van der Waals surface area contributed by atoms with Crippen molar-refractivity contribution in [2.75, 3.05) is 13.2 Å². The summed E-state index contributed by atoms with van der Waals surface area (Å²) in [4.78, 5) is 14.4. The van der Waals surface area contributed by atoms with Crippen molar-refractivity contribution in [3.63, 3.8) is 0 Å². The first-order valence-corrected chi connectivity index (χ1v) is 8.41. The molecule has 1 rings (SSSR count). The zero-order chi connectivity index (χ0) is 17.4. The number of hydrogen-bond donors (Lipinski definition) is 1. The van der Waals surface area contributed by atoms with Gasteiger partial charge in [-0.2, -0.15) is 0 Å². The van der Waals surface area contributed by atoms with Crippen LogP contribution in [0.25, 0.3) is 0 Å². The van der Waals surface area contributed by atoms with Crippen LogP contribution in [0.5, 0.6) is 0 Å². The number of aliphatic hydroxyl groups is 1. The van der Waals surface area contributed by atoms with E-state index in [0.717, 1.165) is 19.3 Å². The van der Waals surface area contributed by atoms with Gasteiger partial charge in [0.2, 0.25) is 0 Å². The summed E-state index contributed by atoms with van der Waals surface area (Å²) >= 11 is 0. The molecular formula is C18H35NO3. The molecule has 0 bridgehead atoms. The predicted octanol–water partition coefficient (Wildman–Crippen LogP) is 3.37. The summed E-state index contributed by atoms with van der Waals surface area (Å²) in [5.74, 6) is -0.130. The van der Waals surface area contributed by atoms with E-state index in [1.807, 2.05) is 27.7 Å². The highest BCUT2D eigenvalue weighted by molar-refractivity contribution is 5.75. The molecule has 4 nitrogen and oxygen atoms in total. The van der Waals surface area contributed by atoms with Crippen LogP contribution >= 0.6 is 0 Å². The van der Waals surface area contributed by atoms with Crippen LogP contribution in [0.1, 0.15) is 74.7 Å². The largest absolute Gasteiger partial charge is 0.464 e. The van der Waals surface area contributed by atoms with E-state index in [2.05, 4.69) is 32.6 Å². The van der Waals surface area contributed by atoms with Gasteiger partial charge in [-0.25, -0.2) is 0 Å². The summed E-state index contributed by atoms with van der Waals surface area (Å²) in [6.07, 6.45) is 2.21. The molecule has 1 saturated heterocycles. The minimum absolute atomic E-state index is 0.127. The molecule has 0 aliphatic carbocycles. The zero-order valence-electron chi connectivity index (χ0n) is 15.7. The number of hydrogen-bond acceptors (Lipinski definition) is 4. The highest BCUT2D eigenvalue weighted by Crippen LogP contribution is 2.43. The molecule has 130 valence electrons. The second-order valence-corrected chi connectivity index (χ2v) is 9.00. The minimum atomic E-state index is -0.648. The molecule has 0 saturated carbocycles. The zero-order valence-corrected chi connectivity index (χ0v) is 15.7. The van der Waals surface area contributed by atoms with Gasteiger partial charge in [0, 0.05) is 17.6 Å². The molecule has 0 aromatic rings. The Balaban J connectivity index is 2.70. The Bertz CT molecular complexity index is 391. The van der Waals surface area contributed by atoms with Crippen molar-refractivity contribution in [3.8, 4) is 0 Å². The van der Waals surface area contributed by atoms with E-state index >= 15 is 0 Å². The first-order chi connectivity index (χ1) is 9.73. The molecule has 0 atom stereocenters. The smallest absolute Gasteiger partial charge is 0.311 e. The molecule has 1 aliphatic rings. The van der Waals surface area contributed by atoms with Gasteiger partial charge in [-0.15, -0.1) is 0 Å². The summed E-state index contributed by atoms with van der Waals surface area (Å²) in [6, 6.07) is 0. The average Bonchev–Trinajstić information content (AvgIpc) is 2.29. The molecule has 1 fully saturated rings. The van der Waals surface area contributed by atoms with Gasteiger partial charge in [0.15, 0.2) is 0 Å². The third-order valence-electron chi connectivity index (χ3n) is 5.07. The van der Waals surface area contributed by atoms with E-state index < -0.39 is 11.0 Å². The summed E-state index contributed by atoms with van der Waals surface area (Å²) < 4.78 is 5.50. The Kier molecular flexibility index (Phi) is 5.41. The van der Waals surface area contributed by atoms with Crippen molar-refractivity contribution < 1.29 is 14.6 Å². The predicted molar refractivity (Wildman–Crippen MR) is 89.8 cm³/mol. The second-order valence-electron chi connectivity index (χ2n) is 9.00. The van der Waals surface area contributed by atoms with Crippen molar-refractivity contribution in [1.29, 1.82) is 0 Å². The average molecular weight is 313 g/mol. The third kappa shape index (κ3) is 4.45. The summed E-state index contributed by atoms with van der Waals surface area (Å²) in [5, 5.41) is 10.5. The van der Waals surface area contributed by atoms with Gasteiger partial charge >= 0.3 is 5.97 Å². The molecule has 0 radical (unpaired) electrons. The fourth-order valence-corrected chi connectivity index (χ4v) is 4.11. The monoisotopic (exact) mass is 313 g/mol. The number of likely N-dealkylation sites (tertiary alicyclic amines) is 1. The molecule has 22 heavy (non-hydrogen) atoms. The lowest BCUT2D eigenvalue weighted by Crippen LogP contribution is -2.65. The molecule has 0 spiro atoms. The number of nitrogens with zero attached hydrogens (tertiary/aromatic N) is 1. The molecule has 1 aliphatic heterocycles. The van der Waals surface area contributed by atoms with Crippen molar-refractivity contribution in [2.24, 2.45) is 5.41 Å². The summed E-state index contributed by atoms with van der Waals surface area (Å²) in [6.45, 7) is 17.5. The topological polar surface area (TPSA) is 49.8 Å². The van der Waals surface area contributed by atoms with Crippen molar-refractivity contribution >= 4 is 5.97 Å². The SMILES string of the molecule is CCC(C)(C)C(=O)OCCN1C(C)(C)CC(C)(O)CC1(C)C. The molecule has 0 aromatic heterocycles. The van der Waals surface area contributed by atoms with Crippen molar-refractivity contribution in [1.82, 2.24) is 4.90 Å². The maximum Gasteiger partial charge on any atom is 0.311 e. The van der Waals surface area contributed by atoms with Crippen molar-refractivity contribution in [3.05, 3.63) is 0 Å². The Hall–Kier alpha value is -0.610. The van der Waals surface area contributed by atoms with Crippen LogP contribution in [0.4, 0.5) is 0 Å². The van der Waals surface area contributed by atoms with E-state index in [9.17, 15) is 9.90 Å². The normalized spacial score (nSPS) is 24.0. The lowest BCUT2D eigenvalue weighted by atomic mass is 9.72. The fourth-order valence-electron chi connectivity index (χ4n) is 4.11. The Morgan fingerprint density at radius 1 is 1.14 bits per heavy atom. The number of carbonyl (C=O) groups excluding carboxylic acids is 1. The van der Waals surface area contributed by atoms with Gasteiger partial charge in [-0.05, 0) is 67.7 Å². The molecule has 4 heteroatoms. The number of esters is 1. The van der Waals surface area contributed by atoms with Crippen LogP contribution in [0.2, 0.25) is 0 Å². The van der Waals surface area contributed by atoms with Gasteiger partial charge in [-0.1, -0.05) is 6.92 Å². The highest BCUT2D eigenvalue weighted by atomic mass is 16.5. The summed E-state index contributed by atoms with van der Waals surface area (Å²) in [7, 11) is 0. The van der Waals surface area contributed by atoms with Gasteiger partial charge in [0.05, 0.1) is 11.0 Å². The van der Waals surface area contributed by atoms with E-state index in [-0.39, 0.29) is 17.0 Å². The number of piperidine rings is 1. The Morgan fingerprint density at radius 2 is 1.59 bits per heavy atom. The number of ether oxygens (including phenoxy) is 1. The highest BCUT2D eigenvalue weighted by Gasteiger charge is 2.49. The molecule has 0 aromatic carbocycles.